The first-order chi connectivity index (χ1) is 7.69. The minimum Gasteiger partial charge on any atom is -0.395 e. The van der Waals surface area contributed by atoms with Crippen molar-refractivity contribution in [3.63, 3.8) is 0 Å². The molecule has 4 N–H and O–H groups in total. The molecule has 0 fully saturated rings. The monoisotopic (exact) mass is 245 g/mol. The van der Waals surface area contributed by atoms with E-state index in [2.05, 4.69) is 5.32 Å². The summed E-state index contributed by atoms with van der Waals surface area (Å²) in [5, 5.41) is 30.8. The molecule has 1 aromatic carbocycles. The number of hydrogen-bond acceptors (Lipinski definition) is 4. The standard InChI is InChI=1S/C11H16ClNO3/c12-10-4-2-1-3-9(10)11(16)5-13-8(6-14)7-15/h1-4,8,11,13-16H,5-7H2. The largest absolute Gasteiger partial charge is 0.395 e. The second kappa shape index (κ2) is 6.83. The third kappa shape index (κ3) is 3.73. The molecule has 0 aromatic heterocycles. The van der Waals surface area contributed by atoms with Gasteiger partial charge in [-0.05, 0) is 6.07 Å². The van der Waals surface area contributed by atoms with Gasteiger partial charge in [-0.3, -0.25) is 0 Å². The molecule has 0 amide bonds. The summed E-state index contributed by atoms with van der Waals surface area (Å²) in [6, 6.07) is 6.60. The van der Waals surface area contributed by atoms with E-state index in [1.54, 1.807) is 24.3 Å². The van der Waals surface area contributed by atoms with Gasteiger partial charge in [0.2, 0.25) is 0 Å². The lowest BCUT2D eigenvalue weighted by Crippen LogP contribution is -2.38. The van der Waals surface area contributed by atoms with Crippen LogP contribution in [-0.4, -0.2) is 41.1 Å². The molecule has 0 aliphatic carbocycles. The van der Waals surface area contributed by atoms with Crippen LogP contribution in [0, 0.1) is 0 Å². The molecule has 5 heteroatoms. The summed E-state index contributed by atoms with van der Waals surface area (Å²) in [4.78, 5) is 0. The van der Waals surface area contributed by atoms with Crippen LogP contribution in [0.25, 0.3) is 0 Å². The highest BCUT2D eigenvalue weighted by Crippen LogP contribution is 2.21. The van der Waals surface area contributed by atoms with Crippen LogP contribution >= 0.6 is 11.6 Å². The second-order valence-electron chi connectivity index (χ2n) is 3.51. The van der Waals surface area contributed by atoms with E-state index in [-0.39, 0.29) is 19.8 Å². The van der Waals surface area contributed by atoms with Crippen LogP contribution in [-0.2, 0) is 0 Å². The van der Waals surface area contributed by atoms with Gasteiger partial charge in [-0.2, -0.15) is 0 Å². The number of hydrogen-bond donors (Lipinski definition) is 4. The van der Waals surface area contributed by atoms with Crippen LogP contribution in [0.4, 0.5) is 0 Å². The molecule has 0 aliphatic heterocycles. The molecule has 0 radical (unpaired) electrons. The van der Waals surface area contributed by atoms with Gasteiger partial charge in [-0.15, -0.1) is 0 Å². The van der Waals surface area contributed by atoms with Crippen molar-refractivity contribution in [3.05, 3.63) is 34.9 Å². The second-order valence-corrected chi connectivity index (χ2v) is 3.91. The Kier molecular flexibility index (Phi) is 5.73. The molecule has 0 aliphatic rings. The fourth-order valence-corrected chi connectivity index (χ4v) is 1.58. The first-order valence-corrected chi connectivity index (χ1v) is 5.44. The zero-order valence-electron chi connectivity index (χ0n) is 8.81. The Morgan fingerprint density at radius 3 is 2.38 bits per heavy atom. The third-order valence-electron chi connectivity index (χ3n) is 2.30. The van der Waals surface area contributed by atoms with Gasteiger partial charge in [0.25, 0.3) is 0 Å². The molecule has 16 heavy (non-hydrogen) atoms. The van der Waals surface area contributed by atoms with E-state index in [0.717, 1.165) is 0 Å². The fourth-order valence-electron chi connectivity index (χ4n) is 1.32. The summed E-state index contributed by atoms with van der Waals surface area (Å²) >= 11 is 5.92. The normalized spacial score (nSPS) is 13.1. The molecular formula is C11H16ClNO3. The quantitative estimate of drug-likeness (QED) is 0.582. The van der Waals surface area contributed by atoms with Gasteiger partial charge < -0.3 is 20.6 Å². The van der Waals surface area contributed by atoms with Crippen molar-refractivity contribution in [3.8, 4) is 0 Å². The minimum atomic E-state index is -0.755. The maximum Gasteiger partial charge on any atom is 0.0928 e. The van der Waals surface area contributed by atoms with Crippen LogP contribution in [0.15, 0.2) is 24.3 Å². The van der Waals surface area contributed by atoms with Gasteiger partial charge in [-0.1, -0.05) is 29.8 Å². The van der Waals surface area contributed by atoms with Crippen molar-refractivity contribution in [2.45, 2.75) is 12.1 Å². The summed E-state index contributed by atoms with van der Waals surface area (Å²) in [5.41, 5.74) is 0.631. The van der Waals surface area contributed by atoms with Crippen LogP contribution in [0.1, 0.15) is 11.7 Å². The lowest BCUT2D eigenvalue weighted by molar-refractivity contribution is 0.135. The Labute approximate surface area is 99.5 Å². The summed E-state index contributed by atoms with van der Waals surface area (Å²) in [7, 11) is 0. The van der Waals surface area contributed by atoms with Gasteiger partial charge in [0.1, 0.15) is 0 Å². The van der Waals surface area contributed by atoms with Gasteiger partial charge in [0.05, 0.1) is 25.4 Å². The number of aliphatic hydroxyl groups excluding tert-OH is 3. The molecular weight excluding hydrogens is 230 g/mol. The molecule has 0 spiro atoms. The molecule has 0 bridgehead atoms. The fraction of sp³-hybridized carbons (Fsp3) is 0.455. The smallest absolute Gasteiger partial charge is 0.0928 e. The Hall–Kier alpha value is -0.650. The summed E-state index contributed by atoms with van der Waals surface area (Å²) in [6.45, 7) is -0.118. The molecule has 4 nitrogen and oxygen atoms in total. The highest BCUT2D eigenvalue weighted by atomic mass is 35.5. The Balaban J connectivity index is 2.52. The lowest BCUT2D eigenvalue weighted by atomic mass is 10.1. The molecule has 1 unspecified atom stereocenters. The minimum absolute atomic E-state index is 0.175. The van der Waals surface area contributed by atoms with Crippen LogP contribution in [0.2, 0.25) is 5.02 Å². The van der Waals surface area contributed by atoms with Gasteiger partial charge in [0, 0.05) is 17.1 Å². The van der Waals surface area contributed by atoms with Crippen molar-refractivity contribution in [2.24, 2.45) is 0 Å². The highest BCUT2D eigenvalue weighted by molar-refractivity contribution is 6.31. The SMILES string of the molecule is OCC(CO)NCC(O)c1ccccc1Cl. The van der Waals surface area contributed by atoms with E-state index in [0.29, 0.717) is 10.6 Å². The Bertz CT molecular complexity index is 318. The predicted molar refractivity (Wildman–Crippen MR) is 62.4 cm³/mol. The Morgan fingerprint density at radius 2 is 1.81 bits per heavy atom. The maximum absolute atomic E-state index is 9.83. The van der Waals surface area contributed by atoms with Crippen molar-refractivity contribution < 1.29 is 15.3 Å². The average molecular weight is 246 g/mol. The lowest BCUT2D eigenvalue weighted by Gasteiger charge is -2.17. The number of aliphatic hydroxyl groups is 3. The van der Waals surface area contributed by atoms with E-state index >= 15 is 0 Å². The first-order valence-electron chi connectivity index (χ1n) is 5.06. The number of rotatable bonds is 6. The van der Waals surface area contributed by atoms with E-state index in [1.165, 1.54) is 0 Å². The topological polar surface area (TPSA) is 72.7 Å². The zero-order chi connectivity index (χ0) is 12.0. The molecule has 0 saturated carbocycles. The predicted octanol–water partition coefficient (Wildman–Crippen LogP) is 0.316. The zero-order valence-corrected chi connectivity index (χ0v) is 9.56. The number of nitrogens with one attached hydrogen (secondary N) is 1. The van der Waals surface area contributed by atoms with Crippen LogP contribution in [0.5, 0.6) is 0 Å². The summed E-state index contributed by atoms with van der Waals surface area (Å²) in [5.74, 6) is 0. The maximum atomic E-state index is 9.83. The van der Waals surface area contributed by atoms with Crippen molar-refractivity contribution in [2.75, 3.05) is 19.8 Å². The Morgan fingerprint density at radius 1 is 1.19 bits per heavy atom. The van der Waals surface area contributed by atoms with Gasteiger partial charge in [-0.25, -0.2) is 0 Å². The van der Waals surface area contributed by atoms with Crippen molar-refractivity contribution in [1.82, 2.24) is 5.32 Å². The molecule has 90 valence electrons. The first kappa shape index (κ1) is 13.4. The van der Waals surface area contributed by atoms with E-state index < -0.39 is 12.1 Å². The molecule has 1 aromatic rings. The summed E-state index contributed by atoms with van der Waals surface area (Å²) in [6.07, 6.45) is -0.755. The average Bonchev–Trinajstić information content (AvgIpc) is 2.30. The third-order valence-corrected chi connectivity index (χ3v) is 2.65. The molecule has 0 saturated heterocycles. The number of halogens is 1. The van der Waals surface area contributed by atoms with Gasteiger partial charge >= 0.3 is 0 Å². The van der Waals surface area contributed by atoms with Crippen molar-refractivity contribution >= 4 is 11.6 Å². The number of benzene rings is 1. The molecule has 1 atom stereocenters. The molecule has 0 heterocycles. The van der Waals surface area contributed by atoms with Crippen LogP contribution in [0.3, 0.4) is 0 Å². The summed E-state index contributed by atoms with van der Waals surface area (Å²) < 4.78 is 0. The van der Waals surface area contributed by atoms with E-state index in [1.807, 2.05) is 0 Å². The van der Waals surface area contributed by atoms with E-state index in [9.17, 15) is 5.11 Å². The van der Waals surface area contributed by atoms with E-state index in [4.69, 9.17) is 21.8 Å². The van der Waals surface area contributed by atoms with Gasteiger partial charge in [0.15, 0.2) is 0 Å². The van der Waals surface area contributed by atoms with Crippen molar-refractivity contribution in [1.29, 1.82) is 0 Å². The molecule has 1 rings (SSSR count). The highest BCUT2D eigenvalue weighted by Gasteiger charge is 2.13. The van der Waals surface area contributed by atoms with Crippen LogP contribution < -0.4 is 5.32 Å².